The van der Waals surface area contributed by atoms with E-state index in [9.17, 15) is 19.7 Å². The van der Waals surface area contributed by atoms with Crippen molar-refractivity contribution in [3.63, 3.8) is 0 Å². The number of carbonyl (C=O) groups excluding carboxylic acids is 2. The number of hydrogen-bond donors (Lipinski definition) is 0. The molecule has 0 saturated carbocycles. The van der Waals surface area contributed by atoms with Crippen molar-refractivity contribution >= 4 is 17.6 Å². The van der Waals surface area contributed by atoms with Crippen molar-refractivity contribution in [1.82, 2.24) is 0 Å². The van der Waals surface area contributed by atoms with E-state index in [0.29, 0.717) is 12.0 Å². The molecule has 1 aliphatic heterocycles. The molecule has 9 nitrogen and oxygen atoms in total. The minimum atomic E-state index is -0.606. The summed E-state index contributed by atoms with van der Waals surface area (Å²) in [4.78, 5) is 34.4. The van der Waals surface area contributed by atoms with Crippen LogP contribution in [0.2, 0.25) is 0 Å². The highest BCUT2D eigenvalue weighted by Gasteiger charge is 2.44. The molecule has 9 heteroatoms. The van der Waals surface area contributed by atoms with Crippen molar-refractivity contribution < 1.29 is 33.5 Å². The Morgan fingerprint density at radius 3 is 2.54 bits per heavy atom. The topological polar surface area (TPSA) is 114 Å². The van der Waals surface area contributed by atoms with E-state index in [1.807, 2.05) is 6.08 Å². The van der Waals surface area contributed by atoms with Gasteiger partial charge in [0.25, 0.3) is 5.69 Å². The van der Waals surface area contributed by atoms with Gasteiger partial charge in [-0.05, 0) is 24.1 Å². The minimum Gasteiger partial charge on any atom is -0.471 e. The highest BCUT2D eigenvalue weighted by atomic mass is 16.7. The van der Waals surface area contributed by atoms with Crippen molar-refractivity contribution in [3.05, 3.63) is 63.4 Å². The lowest BCUT2D eigenvalue weighted by atomic mass is 9.83. The summed E-state index contributed by atoms with van der Waals surface area (Å²) >= 11 is 0. The first-order valence-corrected chi connectivity index (χ1v) is 8.53. The van der Waals surface area contributed by atoms with Crippen LogP contribution in [-0.4, -0.2) is 44.0 Å². The van der Waals surface area contributed by atoms with Gasteiger partial charge >= 0.3 is 11.9 Å². The second-order valence-electron chi connectivity index (χ2n) is 6.33. The van der Waals surface area contributed by atoms with Crippen molar-refractivity contribution in [2.24, 2.45) is 11.8 Å². The number of ether oxygens (including phenoxy) is 4. The second kappa shape index (κ2) is 8.22. The summed E-state index contributed by atoms with van der Waals surface area (Å²) in [5.41, 5.74) is 1.29. The lowest BCUT2D eigenvalue weighted by molar-refractivity contribution is -0.384. The number of carbonyl (C=O) groups is 2. The predicted octanol–water partition coefficient (Wildman–Crippen LogP) is 2.37. The second-order valence-corrected chi connectivity index (χ2v) is 6.33. The van der Waals surface area contributed by atoms with Crippen LogP contribution in [-0.2, 0) is 23.7 Å². The molecule has 2 aliphatic rings. The minimum absolute atomic E-state index is 0.00530. The maximum absolute atomic E-state index is 12.2. The summed E-state index contributed by atoms with van der Waals surface area (Å²) < 4.78 is 21.0. The fourth-order valence-corrected chi connectivity index (χ4v) is 3.44. The zero-order valence-electron chi connectivity index (χ0n) is 15.3. The molecule has 0 radical (unpaired) electrons. The monoisotopic (exact) mass is 389 g/mol. The van der Waals surface area contributed by atoms with Crippen molar-refractivity contribution in [2.45, 2.75) is 12.7 Å². The fourth-order valence-electron chi connectivity index (χ4n) is 3.44. The molecule has 1 heterocycles. The Morgan fingerprint density at radius 1 is 1.21 bits per heavy atom. The van der Waals surface area contributed by atoms with Gasteiger partial charge in [0.2, 0.25) is 6.29 Å². The number of fused-ring (bicyclic) bond motifs is 1. The first-order chi connectivity index (χ1) is 13.5. The van der Waals surface area contributed by atoms with Crippen LogP contribution in [0.4, 0.5) is 5.69 Å². The number of non-ortho nitro benzene ring substituents is 1. The van der Waals surface area contributed by atoms with Gasteiger partial charge in [-0.3, -0.25) is 10.1 Å². The van der Waals surface area contributed by atoms with Crippen LogP contribution in [0.1, 0.15) is 16.8 Å². The number of nitro benzene ring substituents is 1. The largest absolute Gasteiger partial charge is 0.471 e. The van der Waals surface area contributed by atoms with Crippen molar-refractivity contribution in [1.29, 1.82) is 0 Å². The SMILES string of the molecule is COC(=O)C1=CO[C@@H](OC)[C@@H]2C(COC(=O)c3ccc([N+](=O)[O-])cc3)=CC[C@H]12. The maximum Gasteiger partial charge on any atom is 0.338 e. The molecule has 0 saturated heterocycles. The summed E-state index contributed by atoms with van der Waals surface area (Å²) in [6.45, 7) is -0.00530. The molecule has 3 rings (SSSR count). The molecular formula is C19H19NO8. The molecule has 0 unspecified atom stereocenters. The quantitative estimate of drug-likeness (QED) is 0.315. The Hall–Kier alpha value is -3.20. The zero-order chi connectivity index (χ0) is 20.3. The number of rotatable bonds is 6. The predicted molar refractivity (Wildman–Crippen MR) is 95.0 cm³/mol. The molecule has 3 atom stereocenters. The number of methoxy groups -OCH3 is 2. The summed E-state index contributed by atoms with van der Waals surface area (Å²) in [5.74, 6) is -1.54. The van der Waals surface area contributed by atoms with E-state index in [1.54, 1.807) is 0 Å². The number of nitro groups is 1. The normalized spacial score (nSPS) is 23.0. The van der Waals surface area contributed by atoms with E-state index in [0.717, 1.165) is 5.57 Å². The van der Waals surface area contributed by atoms with Gasteiger partial charge in [0.1, 0.15) is 6.61 Å². The van der Waals surface area contributed by atoms with Crippen LogP contribution in [0.3, 0.4) is 0 Å². The Labute approximate surface area is 160 Å². The summed E-state index contributed by atoms with van der Waals surface area (Å²) in [6.07, 6.45) is 3.22. The van der Waals surface area contributed by atoms with Gasteiger partial charge in [-0.15, -0.1) is 0 Å². The molecule has 0 fully saturated rings. The Bertz CT molecular complexity index is 842. The number of allylic oxidation sites excluding steroid dienone is 1. The number of nitrogens with zero attached hydrogens (tertiary/aromatic N) is 1. The zero-order valence-corrected chi connectivity index (χ0v) is 15.3. The Balaban J connectivity index is 1.68. The van der Waals surface area contributed by atoms with Gasteiger partial charge in [0.05, 0.1) is 35.3 Å². The first-order valence-electron chi connectivity index (χ1n) is 8.53. The van der Waals surface area contributed by atoms with Crippen LogP contribution in [0.25, 0.3) is 0 Å². The van der Waals surface area contributed by atoms with E-state index in [2.05, 4.69) is 0 Å². The number of benzene rings is 1. The van der Waals surface area contributed by atoms with Crippen LogP contribution in [0, 0.1) is 22.0 Å². The highest BCUT2D eigenvalue weighted by molar-refractivity contribution is 5.90. The van der Waals surface area contributed by atoms with E-state index in [1.165, 1.54) is 44.7 Å². The molecule has 1 aromatic carbocycles. The van der Waals surface area contributed by atoms with Crippen molar-refractivity contribution in [2.75, 3.05) is 20.8 Å². The van der Waals surface area contributed by atoms with E-state index in [4.69, 9.17) is 18.9 Å². The molecule has 0 aromatic heterocycles. The third-order valence-electron chi connectivity index (χ3n) is 4.85. The molecular weight excluding hydrogens is 370 g/mol. The van der Waals surface area contributed by atoms with Gasteiger partial charge in [-0.2, -0.15) is 0 Å². The van der Waals surface area contributed by atoms with Crippen LogP contribution < -0.4 is 0 Å². The number of esters is 2. The smallest absolute Gasteiger partial charge is 0.338 e. The first kappa shape index (κ1) is 19.6. The van der Waals surface area contributed by atoms with Crippen molar-refractivity contribution in [3.8, 4) is 0 Å². The lowest BCUT2D eigenvalue weighted by Gasteiger charge is -2.33. The molecule has 1 aromatic rings. The van der Waals surface area contributed by atoms with Gasteiger partial charge in [-0.1, -0.05) is 6.08 Å². The van der Waals surface area contributed by atoms with E-state index < -0.39 is 23.2 Å². The van der Waals surface area contributed by atoms with Gasteiger partial charge in [-0.25, -0.2) is 9.59 Å². The van der Waals surface area contributed by atoms with Crippen LogP contribution in [0.15, 0.2) is 47.7 Å². The van der Waals surface area contributed by atoms with Crippen LogP contribution in [0.5, 0.6) is 0 Å². The standard InChI is InChI=1S/C19H19NO8/c1-25-18(22)15-10-28-19(26-2)16-12(5-8-14(15)16)9-27-17(21)11-3-6-13(7-4-11)20(23)24/h3-7,10,14,16,19H,8-9H2,1-2H3/t14-,16-,19-/m1/s1. The van der Waals surface area contributed by atoms with Gasteiger partial charge < -0.3 is 18.9 Å². The molecule has 28 heavy (non-hydrogen) atoms. The Kier molecular flexibility index (Phi) is 5.74. The fraction of sp³-hybridized carbons (Fsp3) is 0.368. The third kappa shape index (κ3) is 3.74. The molecule has 148 valence electrons. The molecule has 0 amide bonds. The third-order valence-corrected chi connectivity index (χ3v) is 4.85. The van der Waals surface area contributed by atoms with E-state index in [-0.39, 0.29) is 29.7 Å². The number of hydrogen-bond acceptors (Lipinski definition) is 8. The molecule has 0 bridgehead atoms. The van der Waals surface area contributed by atoms with Gasteiger partial charge in [0, 0.05) is 25.2 Å². The average Bonchev–Trinajstić information content (AvgIpc) is 3.15. The molecule has 0 N–H and O–H groups in total. The molecule has 1 aliphatic carbocycles. The lowest BCUT2D eigenvalue weighted by Crippen LogP contribution is -2.37. The maximum atomic E-state index is 12.2. The highest BCUT2D eigenvalue weighted by Crippen LogP contribution is 2.43. The Morgan fingerprint density at radius 2 is 1.93 bits per heavy atom. The molecule has 0 spiro atoms. The van der Waals surface area contributed by atoms with Crippen LogP contribution >= 0.6 is 0 Å². The summed E-state index contributed by atoms with van der Waals surface area (Å²) in [5, 5.41) is 10.7. The summed E-state index contributed by atoms with van der Waals surface area (Å²) in [6, 6.07) is 5.16. The summed E-state index contributed by atoms with van der Waals surface area (Å²) in [7, 11) is 2.80. The average molecular weight is 389 g/mol. The van der Waals surface area contributed by atoms with Gasteiger partial charge in [0.15, 0.2) is 0 Å². The van der Waals surface area contributed by atoms with E-state index >= 15 is 0 Å².